The maximum absolute atomic E-state index is 13.3. The molecule has 4 N–H and O–H groups in total. The molecule has 138 valence electrons. The van der Waals surface area contributed by atoms with E-state index >= 15 is 0 Å². The topological polar surface area (TPSA) is 96.4 Å². The van der Waals surface area contributed by atoms with Crippen molar-refractivity contribution in [1.29, 1.82) is 0 Å². The van der Waals surface area contributed by atoms with Gasteiger partial charge in [-0.15, -0.1) is 0 Å². The van der Waals surface area contributed by atoms with E-state index in [-0.39, 0.29) is 18.4 Å². The minimum atomic E-state index is -0.233. The fourth-order valence-corrected chi connectivity index (χ4v) is 4.09. The van der Waals surface area contributed by atoms with Crippen molar-refractivity contribution in [2.75, 3.05) is 37.3 Å². The molecule has 0 saturated carbocycles. The van der Waals surface area contributed by atoms with Crippen LogP contribution in [0.3, 0.4) is 0 Å². The van der Waals surface area contributed by atoms with Gasteiger partial charge in [0, 0.05) is 37.4 Å². The first-order valence-electron chi connectivity index (χ1n) is 9.17. The maximum atomic E-state index is 13.3. The van der Waals surface area contributed by atoms with Crippen molar-refractivity contribution in [1.82, 2.24) is 14.7 Å². The molecule has 4 rings (SSSR count). The summed E-state index contributed by atoms with van der Waals surface area (Å²) in [5, 5.41) is 17.1. The number of aryl methyl sites for hydroxylation is 1. The Morgan fingerprint density at radius 2 is 2.31 bits per heavy atom. The summed E-state index contributed by atoms with van der Waals surface area (Å²) in [5.41, 5.74) is 11.4. The van der Waals surface area contributed by atoms with Crippen LogP contribution in [0.2, 0.25) is 0 Å². The SMILES string of the molecule is Cc1cccc2c1NCCC2C(=O)n1nc2c(c1N)CCN(CCO)C2. The van der Waals surface area contributed by atoms with Crippen molar-refractivity contribution in [2.24, 2.45) is 0 Å². The number of aromatic nitrogens is 2. The molecular weight excluding hydrogens is 330 g/mol. The summed E-state index contributed by atoms with van der Waals surface area (Å²) >= 11 is 0. The summed E-state index contributed by atoms with van der Waals surface area (Å²) in [5.74, 6) is 0.184. The Kier molecular flexibility index (Phi) is 4.42. The molecule has 2 aromatic rings. The van der Waals surface area contributed by atoms with Gasteiger partial charge in [0.2, 0.25) is 0 Å². The van der Waals surface area contributed by atoms with Crippen molar-refractivity contribution in [3.63, 3.8) is 0 Å². The second-order valence-corrected chi connectivity index (χ2v) is 7.12. The molecule has 2 aliphatic heterocycles. The van der Waals surface area contributed by atoms with Crippen LogP contribution in [0.1, 0.15) is 39.5 Å². The molecule has 7 heteroatoms. The van der Waals surface area contributed by atoms with E-state index in [2.05, 4.69) is 28.3 Å². The number of β-amino-alcohol motifs (C(OH)–C–C–N with tert-alkyl or cyclic N) is 1. The average molecular weight is 355 g/mol. The number of aliphatic hydroxyl groups excluding tert-OH is 1. The van der Waals surface area contributed by atoms with Gasteiger partial charge < -0.3 is 16.2 Å². The quantitative estimate of drug-likeness (QED) is 0.769. The highest BCUT2D eigenvalue weighted by Gasteiger charge is 2.32. The number of aliphatic hydroxyl groups is 1. The van der Waals surface area contributed by atoms with Crippen LogP contribution in [-0.2, 0) is 13.0 Å². The lowest BCUT2D eigenvalue weighted by atomic mass is 9.88. The summed E-state index contributed by atoms with van der Waals surface area (Å²) in [6.45, 7) is 5.00. The molecule has 7 nitrogen and oxygen atoms in total. The lowest BCUT2D eigenvalue weighted by molar-refractivity contribution is 0.0858. The molecule has 1 unspecified atom stereocenters. The molecule has 0 bridgehead atoms. The highest BCUT2D eigenvalue weighted by molar-refractivity contribution is 5.90. The minimum absolute atomic E-state index is 0.0565. The van der Waals surface area contributed by atoms with Gasteiger partial charge in [-0.25, -0.2) is 0 Å². The first kappa shape index (κ1) is 17.1. The third-order valence-electron chi connectivity index (χ3n) is 5.50. The van der Waals surface area contributed by atoms with Crippen LogP contribution in [-0.4, -0.2) is 51.9 Å². The molecule has 1 atom stereocenters. The molecular formula is C19H25N5O2. The Bertz CT molecular complexity index is 845. The van der Waals surface area contributed by atoms with Crippen molar-refractivity contribution < 1.29 is 9.90 Å². The Morgan fingerprint density at radius 3 is 3.12 bits per heavy atom. The lowest BCUT2D eigenvalue weighted by Crippen LogP contribution is -2.32. The zero-order chi connectivity index (χ0) is 18.3. The summed E-state index contributed by atoms with van der Waals surface area (Å²) in [6, 6.07) is 6.06. The van der Waals surface area contributed by atoms with E-state index in [9.17, 15) is 4.79 Å². The van der Waals surface area contributed by atoms with Gasteiger partial charge in [0.25, 0.3) is 5.91 Å². The molecule has 0 aliphatic carbocycles. The Hall–Kier alpha value is -2.38. The standard InChI is InChI=1S/C19H25N5O2/c1-12-3-2-4-13-14(5-7-21-17(12)13)19(26)24-18(20)15-6-8-23(9-10-25)11-16(15)22-24/h2-4,14,21,25H,5-11,20H2,1H3. The van der Waals surface area contributed by atoms with Gasteiger partial charge in [-0.2, -0.15) is 9.78 Å². The van der Waals surface area contributed by atoms with Gasteiger partial charge in [-0.3, -0.25) is 9.69 Å². The second kappa shape index (κ2) is 6.74. The van der Waals surface area contributed by atoms with Crippen molar-refractivity contribution in [3.05, 3.63) is 40.6 Å². The first-order chi connectivity index (χ1) is 12.6. The van der Waals surface area contributed by atoms with Crippen LogP contribution in [0.25, 0.3) is 0 Å². The van der Waals surface area contributed by atoms with Gasteiger partial charge in [0.15, 0.2) is 0 Å². The number of hydrogen-bond donors (Lipinski definition) is 3. The van der Waals surface area contributed by atoms with Crippen LogP contribution < -0.4 is 11.1 Å². The van der Waals surface area contributed by atoms with E-state index in [4.69, 9.17) is 10.8 Å². The van der Waals surface area contributed by atoms with E-state index in [1.54, 1.807) is 0 Å². The number of rotatable bonds is 3. The van der Waals surface area contributed by atoms with Crippen LogP contribution >= 0.6 is 0 Å². The number of nitrogens with zero attached hydrogens (tertiary/aromatic N) is 3. The summed E-state index contributed by atoms with van der Waals surface area (Å²) in [7, 11) is 0. The van der Waals surface area contributed by atoms with E-state index < -0.39 is 0 Å². The number of carbonyl (C=O) groups is 1. The molecule has 0 amide bonds. The number of benzene rings is 1. The third-order valence-corrected chi connectivity index (χ3v) is 5.50. The van der Waals surface area contributed by atoms with Gasteiger partial charge in [-0.05, 0) is 30.9 Å². The summed E-state index contributed by atoms with van der Waals surface area (Å²) < 4.78 is 1.41. The molecule has 0 spiro atoms. The molecule has 0 saturated heterocycles. The molecule has 2 aliphatic rings. The highest BCUT2D eigenvalue weighted by atomic mass is 16.3. The zero-order valence-corrected chi connectivity index (χ0v) is 15.0. The maximum Gasteiger partial charge on any atom is 0.256 e. The van der Waals surface area contributed by atoms with Crippen LogP contribution in [0, 0.1) is 6.92 Å². The van der Waals surface area contributed by atoms with Gasteiger partial charge >= 0.3 is 0 Å². The van der Waals surface area contributed by atoms with Crippen LogP contribution in [0.15, 0.2) is 18.2 Å². The second-order valence-electron chi connectivity index (χ2n) is 7.12. The molecule has 0 fully saturated rings. The van der Waals surface area contributed by atoms with E-state index in [1.165, 1.54) is 4.68 Å². The van der Waals surface area contributed by atoms with Gasteiger partial charge in [0.1, 0.15) is 5.82 Å². The molecule has 3 heterocycles. The van der Waals surface area contributed by atoms with Crippen molar-refractivity contribution in [2.45, 2.75) is 32.2 Å². The van der Waals surface area contributed by atoms with Crippen molar-refractivity contribution >= 4 is 17.4 Å². The van der Waals surface area contributed by atoms with E-state index in [0.717, 1.165) is 54.0 Å². The van der Waals surface area contributed by atoms with Gasteiger partial charge in [0.05, 0.1) is 18.2 Å². The number of hydrogen-bond acceptors (Lipinski definition) is 6. The monoisotopic (exact) mass is 355 g/mol. The Balaban J connectivity index is 1.66. The number of nitrogen functional groups attached to an aromatic ring is 1. The first-order valence-corrected chi connectivity index (χ1v) is 9.17. The molecule has 0 radical (unpaired) electrons. The largest absolute Gasteiger partial charge is 0.395 e. The molecule has 1 aromatic heterocycles. The molecule has 1 aromatic carbocycles. The average Bonchev–Trinajstić information content (AvgIpc) is 2.97. The number of nitrogens with one attached hydrogen (secondary N) is 1. The zero-order valence-electron chi connectivity index (χ0n) is 15.0. The lowest BCUT2D eigenvalue weighted by Gasteiger charge is -2.27. The fraction of sp³-hybridized carbons (Fsp3) is 0.474. The van der Waals surface area contributed by atoms with Crippen LogP contribution in [0.4, 0.5) is 11.5 Å². The fourth-order valence-electron chi connectivity index (χ4n) is 4.09. The van der Waals surface area contributed by atoms with Gasteiger partial charge in [-0.1, -0.05) is 18.2 Å². The van der Waals surface area contributed by atoms with Crippen LogP contribution in [0.5, 0.6) is 0 Å². The van der Waals surface area contributed by atoms with E-state index in [0.29, 0.717) is 18.9 Å². The number of fused-ring (bicyclic) bond motifs is 2. The number of nitrogens with two attached hydrogens (primary N) is 1. The van der Waals surface area contributed by atoms with E-state index in [1.807, 2.05) is 12.1 Å². The number of para-hydroxylation sites is 1. The smallest absolute Gasteiger partial charge is 0.256 e. The minimum Gasteiger partial charge on any atom is -0.395 e. The number of carbonyl (C=O) groups excluding carboxylic acids is 1. The Morgan fingerprint density at radius 1 is 1.46 bits per heavy atom. The van der Waals surface area contributed by atoms with Crippen molar-refractivity contribution in [3.8, 4) is 0 Å². The molecule has 26 heavy (non-hydrogen) atoms. The normalized spacial score (nSPS) is 19.5. The summed E-state index contributed by atoms with van der Waals surface area (Å²) in [6.07, 6.45) is 1.49. The summed E-state index contributed by atoms with van der Waals surface area (Å²) in [4.78, 5) is 15.4. The predicted octanol–water partition coefficient (Wildman–Crippen LogP) is 1.36. The Labute approximate surface area is 152 Å². The predicted molar refractivity (Wildman–Crippen MR) is 100 cm³/mol. The number of anilines is 2. The highest BCUT2D eigenvalue weighted by Crippen LogP contribution is 2.36. The third kappa shape index (κ3) is 2.77.